The van der Waals surface area contributed by atoms with Crippen molar-refractivity contribution in [2.75, 3.05) is 40.8 Å². The van der Waals surface area contributed by atoms with Crippen LogP contribution in [-0.2, 0) is 9.59 Å². The van der Waals surface area contributed by atoms with E-state index in [0.29, 0.717) is 6.54 Å². The molecule has 2 aliphatic rings. The fraction of sp³-hybridized carbons (Fsp3) is 0.579. The predicted octanol–water partition coefficient (Wildman–Crippen LogP) is 1.56. The van der Waals surface area contributed by atoms with Crippen LogP contribution >= 0.6 is 0 Å². The summed E-state index contributed by atoms with van der Waals surface area (Å²) in [4.78, 5) is 30.5. The first-order valence-electron chi connectivity index (χ1n) is 8.68. The van der Waals surface area contributed by atoms with Crippen molar-refractivity contribution < 1.29 is 9.59 Å². The van der Waals surface area contributed by atoms with Crippen molar-refractivity contribution >= 4 is 11.8 Å². The van der Waals surface area contributed by atoms with Crippen LogP contribution in [0, 0.1) is 0 Å². The minimum atomic E-state index is -0.0464. The van der Waals surface area contributed by atoms with E-state index in [2.05, 4.69) is 17.0 Å². The number of piperidine rings is 1. The number of likely N-dealkylation sites (N-methyl/N-ethyl adjacent to an activating group) is 2. The zero-order valence-electron chi connectivity index (χ0n) is 14.9. The van der Waals surface area contributed by atoms with Crippen LogP contribution in [0.15, 0.2) is 30.3 Å². The molecule has 0 radical (unpaired) electrons. The number of rotatable bonds is 3. The van der Waals surface area contributed by atoms with E-state index in [-0.39, 0.29) is 23.3 Å². The lowest BCUT2D eigenvalue weighted by molar-refractivity contribution is -0.134. The van der Waals surface area contributed by atoms with Crippen molar-refractivity contribution in [3.63, 3.8) is 0 Å². The van der Waals surface area contributed by atoms with Crippen LogP contribution in [0.3, 0.4) is 0 Å². The molecule has 1 spiro atoms. The van der Waals surface area contributed by atoms with Crippen LogP contribution < -0.4 is 0 Å². The third-order valence-corrected chi connectivity index (χ3v) is 5.77. The third kappa shape index (κ3) is 3.05. The van der Waals surface area contributed by atoms with Crippen LogP contribution in [0.25, 0.3) is 0 Å². The molecule has 0 aliphatic carbocycles. The predicted molar refractivity (Wildman–Crippen MR) is 93.7 cm³/mol. The highest BCUT2D eigenvalue weighted by Crippen LogP contribution is 2.44. The lowest BCUT2D eigenvalue weighted by Gasteiger charge is -2.43. The third-order valence-electron chi connectivity index (χ3n) is 5.77. The van der Waals surface area contributed by atoms with Gasteiger partial charge in [0.15, 0.2) is 0 Å². The number of hydrogen-bond donors (Lipinski definition) is 0. The Morgan fingerprint density at radius 2 is 1.83 bits per heavy atom. The normalized spacial score (nSPS) is 23.7. The minimum absolute atomic E-state index is 0.0221. The van der Waals surface area contributed by atoms with E-state index in [1.807, 2.05) is 30.1 Å². The molecule has 0 N–H and O–H groups in total. The molecule has 2 fully saturated rings. The molecule has 24 heavy (non-hydrogen) atoms. The van der Waals surface area contributed by atoms with E-state index in [4.69, 9.17) is 0 Å². The molecule has 3 rings (SSSR count). The van der Waals surface area contributed by atoms with Crippen molar-refractivity contribution in [1.29, 1.82) is 0 Å². The number of nitrogens with zero attached hydrogens (tertiary/aromatic N) is 3. The van der Waals surface area contributed by atoms with Gasteiger partial charge in [-0.1, -0.05) is 30.3 Å². The topological polar surface area (TPSA) is 43.9 Å². The van der Waals surface area contributed by atoms with Crippen molar-refractivity contribution in [1.82, 2.24) is 14.7 Å². The molecule has 5 nitrogen and oxygen atoms in total. The highest BCUT2D eigenvalue weighted by molar-refractivity contribution is 5.87. The van der Waals surface area contributed by atoms with Crippen LogP contribution in [0.5, 0.6) is 0 Å². The Morgan fingerprint density at radius 1 is 1.21 bits per heavy atom. The molecule has 1 aromatic carbocycles. The Balaban J connectivity index is 1.67. The molecule has 0 aromatic heterocycles. The number of likely N-dealkylation sites (tertiary alicyclic amines) is 2. The van der Waals surface area contributed by atoms with Crippen LogP contribution in [-0.4, -0.2) is 72.8 Å². The monoisotopic (exact) mass is 329 g/mol. The first kappa shape index (κ1) is 17.0. The van der Waals surface area contributed by atoms with Gasteiger partial charge in [-0.25, -0.2) is 0 Å². The molecule has 2 aliphatic heterocycles. The average molecular weight is 329 g/mol. The molecule has 2 saturated heterocycles. The molecule has 2 heterocycles. The summed E-state index contributed by atoms with van der Waals surface area (Å²) in [6, 6.07) is 10.1. The molecule has 2 amide bonds. The quantitative estimate of drug-likeness (QED) is 0.845. The maximum atomic E-state index is 12.8. The second-order valence-electron chi connectivity index (χ2n) is 7.35. The molecule has 0 bridgehead atoms. The van der Waals surface area contributed by atoms with Gasteiger partial charge < -0.3 is 9.80 Å². The molecule has 1 atom stereocenters. The van der Waals surface area contributed by atoms with Gasteiger partial charge in [0.1, 0.15) is 0 Å². The molecular weight excluding hydrogens is 302 g/mol. The highest BCUT2D eigenvalue weighted by atomic mass is 16.2. The second-order valence-corrected chi connectivity index (χ2v) is 7.35. The summed E-state index contributed by atoms with van der Waals surface area (Å²) >= 11 is 0. The van der Waals surface area contributed by atoms with Gasteiger partial charge in [0.2, 0.25) is 11.8 Å². The zero-order valence-corrected chi connectivity index (χ0v) is 14.9. The van der Waals surface area contributed by atoms with Gasteiger partial charge in [-0.3, -0.25) is 14.5 Å². The first-order chi connectivity index (χ1) is 11.4. The van der Waals surface area contributed by atoms with Crippen molar-refractivity contribution in [3.8, 4) is 0 Å². The molecule has 1 aromatic rings. The maximum Gasteiger partial charge on any atom is 0.236 e. The summed E-state index contributed by atoms with van der Waals surface area (Å²) < 4.78 is 0. The zero-order chi connectivity index (χ0) is 17.3. The summed E-state index contributed by atoms with van der Waals surface area (Å²) in [5.74, 6) is 0.356. The summed E-state index contributed by atoms with van der Waals surface area (Å²) in [7, 11) is 5.54. The first-order valence-corrected chi connectivity index (χ1v) is 8.68. The fourth-order valence-electron chi connectivity index (χ4n) is 4.02. The SMILES string of the molecule is CN(C)C(=O)CN1CCC2(CC1)CC(c1ccccc1)C(=O)N2C. The number of hydrogen-bond acceptors (Lipinski definition) is 3. The van der Waals surface area contributed by atoms with Gasteiger partial charge in [-0.2, -0.15) is 0 Å². The Labute approximate surface area is 144 Å². The molecule has 0 saturated carbocycles. The Hall–Kier alpha value is -1.88. The molecular formula is C19H27N3O2. The smallest absolute Gasteiger partial charge is 0.236 e. The fourth-order valence-corrected chi connectivity index (χ4v) is 4.02. The van der Waals surface area contributed by atoms with E-state index in [1.165, 1.54) is 0 Å². The minimum Gasteiger partial charge on any atom is -0.348 e. The van der Waals surface area contributed by atoms with E-state index >= 15 is 0 Å². The van der Waals surface area contributed by atoms with E-state index in [0.717, 1.165) is 37.9 Å². The molecule has 5 heteroatoms. The second kappa shape index (κ2) is 6.55. The van der Waals surface area contributed by atoms with E-state index < -0.39 is 0 Å². The van der Waals surface area contributed by atoms with Crippen molar-refractivity contribution in [2.45, 2.75) is 30.7 Å². The number of amides is 2. The van der Waals surface area contributed by atoms with E-state index in [9.17, 15) is 9.59 Å². The number of carbonyl (C=O) groups excluding carboxylic acids is 2. The van der Waals surface area contributed by atoms with Gasteiger partial charge in [-0.05, 0) is 24.8 Å². The van der Waals surface area contributed by atoms with Gasteiger partial charge in [0, 0.05) is 39.8 Å². The van der Waals surface area contributed by atoms with Crippen LogP contribution in [0.4, 0.5) is 0 Å². The van der Waals surface area contributed by atoms with Gasteiger partial charge in [0.25, 0.3) is 0 Å². The maximum absolute atomic E-state index is 12.8. The number of benzene rings is 1. The summed E-state index contributed by atoms with van der Waals surface area (Å²) in [6.45, 7) is 2.22. The van der Waals surface area contributed by atoms with Gasteiger partial charge in [-0.15, -0.1) is 0 Å². The molecule has 130 valence electrons. The largest absolute Gasteiger partial charge is 0.348 e. The summed E-state index contributed by atoms with van der Waals surface area (Å²) in [5, 5.41) is 0. The van der Waals surface area contributed by atoms with Gasteiger partial charge >= 0.3 is 0 Å². The molecule has 1 unspecified atom stereocenters. The highest BCUT2D eigenvalue weighted by Gasteiger charge is 2.50. The number of carbonyl (C=O) groups is 2. The Morgan fingerprint density at radius 3 is 2.42 bits per heavy atom. The van der Waals surface area contributed by atoms with Crippen LogP contribution in [0.2, 0.25) is 0 Å². The standard InChI is InChI=1S/C19H27N3O2/c1-20(2)17(23)14-22-11-9-19(10-12-22)13-16(18(24)21(19)3)15-7-5-4-6-8-15/h4-8,16H,9-14H2,1-3H3. The van der Waals surface area contributed by atoms with E-state index in [1.54, 1.807) is 19.0 Å². The van der Waals surface area contributed by atoms with Crippen LogP contribution in [0.1, 0.15) is 30.7 Å². The Kier molecular flexibility index (Phi) is 4.63. The van der Waals surface area contributed by atoms with Gasteiger partial charge in [0.05, 0.1) is 12.5 Å². The summed E-state index contributed by atoms with van der Waals surface area (Å²) in [6.07, 6.45) is 2.78. The Bertz CT molecular complexity index is 606. The average Bonchev–Trinajstić information content (AvgIpc) is 2.83. The lowest BCUT2D eigenvalue weighted by atomic mass is 9.81. The van der Waals surface area contributed by atoms with Crippen molar-refractivity contribution in [2.24, 2.45) is 0 Å². The summed E-state index contributed by atoms with van der Waals surface area (Å²) in [5.41, 5.74) is 1.08. The van der Waals surface area contributed by atoms with Crippen molar-refractivity contribution in [3.05, 3.63) is 35.9 Å². The lowest BCUT2D eigenvalue weighted by Crippen LogP contribution is -2.52.